The van der Waals surface area contributed by atoms with E-state index in [1.54, 1.807) is 6.07 Å². The number of hydrogen-bond acceptors (Lipinski definition) is 4. The van der Waals surface area contributed by atoms with E-state index >= 15 is 0 Å². The smallest absolute Gasteiger partial charge is 0.259 e. The first-order chi connectivity index (χ1) is 7.20. The van der Waals surface area contributed by atoms with Crippen LogP contribution in [0.1, 0.15) is 5.82 Å². The second kappa shape index (κ2) is 4.08. The Morgan fingerprint density at radius 2 is 2.27 bits per heavy atom. The van der Waals surface area contributed by atoms with Gasteiger partial charge in [0.2, 0.25) is 0 Å². The van der Waals surface area contributed by atoms with Crippen molar-refractivity contribution in [2.24, 2.45) is 5.73 Å². The maximum atomic E-state index is 12.8. The minimum absolute atomic E-state index is 0.211. The zero-order valence-corrected chi connectivity index (χ0v) is 9.16. The molecule has 0 aliphatic heterocycles. The van der Waals surface area contributed by atoms with E-state index in [-0.39, 0.29) is 12.4 Å². The Kier molecular flexibility index (Phi) is 2.79. The molecule has 78 valence electrons. The van der Waals surface area contributed by atoms with E-state index < -0.39 is 0 Å². The van der Waals surface area contributed by atoms with Crippen LogP contribution in [0.3, 0.4) is 0 Å². The molecule has 0 spiro atoms. The lowest BCUT2D eigenvalue weighted by Gasteiger charge is -1.97. The van der Waals surface area contributed by atoms with E-state index in [4.69, 9.17) is 10.3 Å². The Labute approximate surface area is 93.4 Å². The van der Waals surface area contributed by atoms with Gasteiger partial charge in [-0.25, -0.2) is 4.39 Å². The largest absolute Gasteiger partial charge is 0.334 e. The van der Waals surface area contributed by atoms with E-state index in [1.807, 2.05) is 0 Å². The van der Waals surface area contributed by atoms with Gasteiger partial charge in [-0.2, -0.15) is 4.98 Å². The molecule has 6 heteroatoms. The molecule has 2 aromatic rings. The summed E-state index contributed by atoms with van der Waals surface area (Å²) in [7, 11) is 0. The van der Waals surface area contributed by atoms with Crippen LogP contribution in [0.2, 0.25) is 0 Å². The molecule has 0 amide bonds. The highest BCUT2D eigenvalue weighted by atomic mass is 79.9. The molecule has 0 radical (unpaired) electrons. The third-order valence-electron chi connectivity index (χ3n) is 1.81. The molecule has 0 saturated carbocycles. The number of nitrogens with zero attached hydrogens (tertiary/aromatic N) is 2. The Morgan fingerprint density at radius 1 is 1.47 bits per heavy atom. The van der Waals surface area contributed by atoms with E-state index in [9.17, 15) is 4.39 Å². The van der Waals surface area contributed by atoms with E-state index in [1.165, 1.54) is 12.1 Å². The Balaban J connectivity index is 2.44. The minimum atomic E-state index is -0.329. The summed E-state index contributed by atoms with van der Waals surface area (Å²) in [5.41, 5.74) is 5.99. The molecule has 0 unspecified atom stereocenters. The zero-order chi connectivity index (χ0) is 10.8. The topological polar surface area (TPSA) is 64.9 Å². The van der Waals surface area contributed by atoms with Crippen molar-refractivity contribution in [3.8, 4) is 11.5 Å². The average molecular weight is 272 g/mol. The van der Waals surface area contributed by atoms with Crippen LogP contribution in [0.5, 0.6) is 0 Å². The molecule has 1 aromatic carbocycles. The van der Waals surface area contributed by atoms with E-state index in [0.29, 0.717) is 21.8 Å². The second-order valence-corrected chi connectivity index (χ2v) is 3.70. The number of halogens is 2. The molecule has 4 nitrogen and oxygen atoms in total. The number of nitrogens with two attached hydrogens (primary N) is 1. The van der Waals surface area contributed by atoms with Gasteiger partial charge in [0.15, 0.2) is 5.82 Å². The van der Waals surface area contributed by atoms with Gasteiger partial charge in [0.1, 0.15) is 5.82 Å². The molecule has 1 heterocycles. The Hall–Kier alpha value is -1.27. The molecular weight excluding hydrogens is 265 g/mol. The molecule has 0 aliphatic rings. The van der Waals surface area contributed by atoms with Gasteiger partial charge in [0, 0.05) is 4.47 Å². The van der Waals surface area contributed by atoms with Crippen molar-refractivity contribution in [2.45, 2.75) is 6.54 Å². The summed E-state index contributed by atoms with van der Waals surface area (Å²) in [5.74, 6) is 0.410. The third kappa shape index (κ3) is 2.05. The highest BCUT2D eigenvalue weighted by Crippen LogP contribution is 2.27. The molecule has 0 aliphatic carbocycles. The first-order valence-electron chi connectivity index (χ1n) is 4.19. The molecule has 0 atom stereocenters. The lowest BCUT2D eigenvalue weighted by molar-refractivity contribution is 0.422. The van der Waals surface area contributed by atoms with Crippen LogP contribution < -0.4 is 5.73 Å². The van der Waals surface area contributed by atoms with E-state index in [0.717, 1.165) is 0 Å². The minimum Gasteiger partial charge on any atom is -0.334 e. The summed E-state index contributed by atoms with van der Waals surface area (Å²) in [6.07, 6.45) is 0. The standard InChI is InChI=1S/C9H7BrFN3O/c10-7-3-5(11)1-2-6(7)9-13-8(4-12)14-15-9/h1-3H,4,12H2. The summed E-state index contributed by atoms with van der Waals surface area (Å²) >= 11 is 3.22. The molecule has 0 bridgehead atoms. The van der Waals surface area contributed by atoms with Crippen molar-refractivity contribution >= 4 is 15.9 Å². The van der Waals surface area contributed by atoms with Gasteiger partial charge in [0.05, 0.1) is 12.1 Å². The maximum absolute atomic E-state index is 12.8. The van der Waals surface area contributed by atoms with Crippen LogP contribution in [0.15, 0.2) is 27.2 Å². The molecule has 2 rings (SSSR count). The van der Waals surface area contributed by atoms with Crippen molar-refractivity contribution in [3.63, 3.8) is 0 Å². The lowest BCUT2D eigenvalue weighted by Crippen LogP contribution is -1.97. The van der Waals surface area contributed by atoms with Gasteiger partial charge in [-0.3, -0.25) is 0 Å². The normalized spacial score (nSPS) is 10.6. The number of hydrogen-bond donors (Lipinski definition) is 1. The predicted octanol–water partition coefficient (Wildman–Crippen LogP) is 2.10. The Bertz CT molecular complexity index is 486. The van der Waals surface area contributed by atoms with Crippen molar-refractivity contribution in [1.29, 1.82) is 0 Å². The van der Waals surface area contributed by atoms with Crippen LogP contribution in [0.25, 0.3) is 11.5 Å². The first kappa shape index (κ1) is 10.3. The lowest BCUT2D eigenvalue weighted by atomic mass is 10.2. The van der Waals surface area contributed by atoms with Crippen LogP contribution in [-0.4, -0.2) is 10.1 Å². The SMILES string of the molecule is NCc1noc(-c2ccc(F)cc2Br)n1. The van der Waals surface area contributed by atoms with Gasteiger partial charge >= 0.3 is 0 Å². The number of rotatable bonds is 2. The van der Waals surface area contributed by atoms with E-state index in [2.05, 4.69) is 26.1 Å². The quantitative estimate of drug-likeness (QED) is 0.909. The van der Waals surface area contributed by atoms with Gasteiger partial charge in [0.25, 0.3) is 5.89 Å². The summed E-state index contributed by atoms with van der Waals surface area (Å²) in [6.45, 7) is 0.211. The summed E-state index contributed by atoms with van der Waals surface area (Å²) < 4.78 is 18.4. The summed E-state index contributed by atoms with van der Waals surface area (Å²) in [5, 5.41) is 3.65. The van der Waals surface area contributed by atoms with Crippen molar-refractivity contribution in [1.82, 2.24) is 10.1 Å². The van der Waals surface area contributed by atoms with Gasteiger partial charge in [-0.05, 0) is 34.1 Å². The van der Waals surface area contributed by atoms with Crippen LogP contribution in [0, 0.1) is 5.82 Å². The van der Waals surface area contributed by atoms with Gasteiger partial charge < -0.3 is 10.3 Å². The first-order valence-corrected chi connectivity index (χ1v) is 4.98. The van der Waals surface area contributed by atoms with Crippen molar-refractivity contribution in [3.05, 3.63) is 34.3 Å². The van der Waals surface area contributed by atoms with Crippen molar-refractivity contribution in [2.75, 3.05) is 0 Å². The summed E-state index contributed by atoms with van der Waals surface area (Å²) in [4.78, 5) is 4.03. The molecule has 1 aromatic heterocycles. The average Bonchev–Trinajstić information content (AvgIpc) is 2.66. The Morgan fingerprint density at radius 3 is 2.87 bits per heavy atom. The fourth-order valence-electron chi connectivity index (χ4n) is 1.11. The zero-order valence-electron chi connectivity index (χ0n) is 7.58. The predicted molar refractivity (Wildman–Crippen MR) is 55.3 cm³/mol. The molecule has 0 fully saturated rings. The number of aromatic nitrogens is 2. The van der Waals surface area contributed by atoms with Crippen LogP contribution >= 0.6 is 15.9 Å². The van der Waals surface area contributed by atoms with Crippen LogP contribution in [0.4, 0.5) is 4.39 Å². The summed E-state index contributed by atoms with van der Waals surface area (Å²) in [6, 6.07) is 4.22. The molecule has 0 saturated heterocycles. The van der Waals surface area contributed by atoms with Gasteiger partial charge in [-0.1, -0.05) is 5.16 Å². The highest BCUT2D eigenvalue weighted by Gasteiger charge is 2.11. The fourth-order valence-corrected chi connectivity index (χ4v) is 1.63. The fraction of sp³-hybridized carbons (Fsp3) is 0.111. The third-order valence-corrected chi connectivity index (χ3v) is 2.47. The molecule has 15 heavy (non-hydrogen) atoms. The second-order valence-electron chi connectivity index (χ2n) is 2.84. The van der Waals surface area contributed by atoms with Crippen molar-refractivity contribution < 1.29 is 8.91 Å². The number of benzene rings is 1. The molecular formula is C9H7BrFN3O. The van der Waals surface area contributed by atoms with Gasteiger partial charge in [-0.15, -0.1) is 0 Å². The molecule has 2 N–H and O–H groups in total. The monoisotopic (exact) mass is 271 g/mol. The highest BCUT2D eigenvalue weighted by molar-refractivity contribution is 9.10. The van der Waals surface area contributed by atoms with Crippen LogP contribution in [-0.2, 0) is 6.54 Å². The maximum Gasteiger partial charge on any atom is 0.259 e.